The summed E-state index contributed by atoms with van der Waals surface area (Å²) in [5.74, 6) is -0.649. The van der Waals surface area contributed by atoms with Crippen LogP contribution in [0.25, 0.3) is 5.69 Å². The molecule has 0 aliphatic heterocycles. The largest absolute Gasteiger partial charge is 0.453 e. The molecule has 2 aromatic heterocycles. The number of benzene rings is 1. The van der Waals surface area contributed by atoms with Crippen molar-refractivity contribution in [2.45, 2.75) is 34.6 Å². The molecule has 0 saturated heterocycles. The zero-order valence-corrected chi connectivity index (χ0v) is 17.1. The van der Waals surface area contributed by atoms with Gasteiger partial charge in [-0.05, 0) is 76.1 Å². The second kappa shape index (κ2) is 7.53. The third-order valence-corrected chi connectivity index (χ3v) is 5.74. The molecule has 0 saturated carbocycles. The van der Waals surface area contributed by atoms with E-state index in [0.29, 0.717) is 10.4 Å². The Morgan fingerprint density at radius 1 is 0.963 bits per heavy atom. The lowest BCUT2D eigenvalue weighted by Gasteiger charge is -2.12. The number of ether oxygens (including phenoxy) is 1. The highest BCUT2D eigenvalue weighted by atomic mass is 32.1. The number of carbonyl (C=O) groups is 2. The highest BCUT2D eigenvalue weighted by Crippen LogP contribution is 2.23. The number of aryl methyl sites for hydroxylation is 4. The van der Waals surface area contributed by atoms with Crippen molar-refractivity contribution in [2.24, 2.45) is 0 Å². The first-order valence-corrected chi connectivity index (χ1v) is 9.63. The third-order valence-electron chi connectivity index (χ3n) is 4.76. The van der Waals surface area contributed by atoms with E-state index in [1.165, 1.54) is 22.5 Å². The molecule has 2 heterocycles. The van der Waals surface area contributed by atoms with Gasteiger partial charge in [-0.1, -0.05) is 6.07 Å². The maximum Gasteiger partial charge on any atom is 0.348 e. The Hall–Kier alpha value is -2.66. The minimum absolute atomic E-state index is 0.195. The zero-order chi connectivity index (χ0) is 19.7. The van der Waals surface area contributed by atoms with Crippen molar-refractivity contribution in [1.82, 2.24) is 4.57 Å². The molecule has 1 aromatic carbocycles. The van der Waals surface area contributed by atoms with Crippen molar-refractivity contribution >= 4 is 23.1 Å². The van der Waals surface area contributed by atoms with Gasteiger partial charge < -0.3 is 9.30 Å². The minimum Gasteiger partial charge on any atom is -0.453 e. The molecule has 0 N–H and O–H groups in total. The van der Waals surface area contributed by atoms with E-state index in [9.17, 15) is 9.59 Å². The molecule has 5 heteroatoms. The van der Waals surface area contributed by atoms with Crippen molar-refractivity contribution in [3.8, 4) is 5.69 Å². The molecular formula is C22H23NO3S. The molecule has 3 aromatic rings. The fraction of sp³-hybridized carbons (Fsp3) is 0.273. The van der Waals surface area contributed by atoms with E-state index in [1.54, 1.807) is 6.07 Å². The smallest absolute Gasteiger partial charge is 0.348 e. The first kappa shape index (κ1) is 19.1. The van der Waals surface area contributed by atoms with E-state index in [0.717, 1.165) is 22.0 Å². The highest BCUT2D eigenvalue weighted by Gasteiger charge is 2.19. The van der Waals surface area contributed by atoms with Crippen LogP contribution in [0.2, 0.25) is 0 Å². The molecule has 27 heavy (non-hydrogen) atoms. The number of hydrogen-bond donors (Lipinski definition) is 0. The number of esters is 1. The van der Waals surface area contributed by atoms with Gasteiger partial charge in [-0.2, -0.15) is 0 Å². The summed E-state index contributed by atoms with van der Waals surface area (Å²) >= 11 is 1.36. The van der Waals surface area contributed by atoms with Gasteiger partial charge in [0.2, 0.25) is 5.78 Å². The van der Waals surface area contributed by atoms with Crippen LogP contribution in [0.1, 0.15) is 47.4 Å². The predicted octanol–water partition coefficient (Wildman–Crippen LogP) is 5.12. The lowest BCUT2D eigenvalue weighted by atomic mass is 10.1. The molecule has 0 bridgehead atoms. The Morgan fingerprint density at radius 3 is 2.33 bits per heavy atom. The third kappa shape index (κ3) is 3.88. The van der Waals surface area contributed by atoms with E-state index in [4.69, 9.17) is 4.74 Å². The number of nitrogens with zero attached hydrogens (tertiary/aromatic N) is 1. The molecule has 140 valence electrons. The second-order valence-corrected chi connectivity index (χ2v) is 8.09. The number of hydrogen-bond acceptors (Lipinski definition) is 4. The number of rotatable bonds is 5. The van der Waals surface area contributed by atoms with Gasteiger partial charge in [0.15, 0.2) is 6.61 Å². The predicted molar refractivity (Wildman–Crippen MR) is 108 cm³/mol. The molecule has 0 radical (unpaired) electrons. The van der Waals surface area contributed by atoms with Crippen molar-refractivity contribution in [1.29, 1.82) is 0 Å². The molecule has 0 unspecified atom stereocenters. The van der Waals surface area contributed by atoms with Gasteiger partial charge in [0.25, 0.3) is 0 Å². The average molecular weight is 381 g/mol. The standard InChI is InChI=1S/C22H23NO3S/c1-13-6-8-18(10-14(13)2)23-15(3)11-19(17(23)5)20(24)12-26-22(25)21-9-7-16(4)27-21/h6-11H,12H2,1-5H3. The van der Waals surface area contributed by atoms with E-state index in [2.05, 4.69) is 36.6 Å². The molecular weight excluding hydrogens is 358 g/mol. The Kier molecular flexibility index (Phi) is 5.33. The average Bonchev–Trinajstić information content (AvgIpc) is 3.18. The Bertz CT molecular complexity index is 1030. The normalized spacial score (nSPS) is 10.9. The number of carbonyl (C=O) groups excluding carboxylic acids is 2. The summed E-state index contributed by atoms with van der Waals surface area (Å²) in [5, 5.41) is 0. The summed E-state index contributed by atoms with van der Waals surface area (Å²) in [6, 6.07) is 11.7. The fourth-order valence-corrected chi connectivity index (χ4v) is 3.89. The van der Waals surface area contributed by atoms with Gasteiger partial charge in [-0.15, -0.1) is 11.3 Å². The number of thiophene rings is 1. The van der Waals surface area contributed by atoms with Crippen LogP contribution in [-0.2, 0) is 4.74 Å². The van der Waals surface area contributed by atoms with Crippen LogP contribution < -0.4 is 0 Å². The molecule has 0 amide bonds. The van der Waals surface area contributed by atoms with Gasteiger partial charge in [0.05, 0.1) is 0 Å². The number of ketones is 1. The van der Waals surface area contributed by atoms with E-state index < -0.39 is 5.97 Å². The zero-order valence-electron chi connectivity index (χ0n) is 16.3. The van der Waals surface area contributed by atoms with Gasteiger partial charge in [0, 0.05) is 27.5 Å². The summed E-state index contributed by atoms with van der Waals surface area (Å²) in [6.07, 6.45) is 0. The Labute approximate surface area is 163 Å². The maximum atomic E-state index is 12.6. The lowest BCUT2D eigenvalue weighted by molar-refractivity contribution is 0.0479. The van der Waals surface area contributed by atoms with Crippen molar-refractivity contribution < 1.29 is 14.3 Å². The molecule has 3 rings (SSSR count). The summed E-state index contributed by atoms with van der Waals surface area (Å²) < 4.78 is 7.27. The molecule has 0 aliphatic carbocycles. The monoisotopic (exact) mass is 381 g/mol. The summed E-state index contributed by atoms with van der Waals surface area (Å²) in [5.41, 5.74) is 5.86. The van der Waals surface area contributed by atoms with Crippen molar-refractivity contribution in [2.75, 3.05) is 6.61 Å². The van der Waals surface area contributed by atoms with Gasteiger partial charge in [0.1, 0.15) is 4.88 Å². The summed E-state index contributed by atoms with van der Waals surface area (Å²) in [7, 11) is 0. The van der Waals surface area contributed by atoms with Crippen LogP contribution in [0.3, 0.4) is 0 Å². The molecule has 0 atom stereocenters. The van der Waals surface area contributed by atoms with Crippen molar-refractivity contribution in [3.63, 3.8) is 0 Å². The second-order valence-electron chi connectivity index (χ2n) is 6.80. The van der Waals surface area contributed by atoms with Gasteiger partial charge in [-0.3, -0.25) is 4.79 Å². The Morgan fingerprint density at radius 2 is 1.70 bits per heavy atom. The first-order chi connectivity index (χ1) is 12.8. The van der Waals surface area contributed by atoms with Gasteiger partial charge >= 0.3 is 5.97 Å². The van der Waals surface area contributed by atoms with Crippen LogP contribution in [0.15, 0.2) is 36.4 Å². The molecule has 4 nitrogen and oxygen atoms in total. The molecule has 0 fully saturated rings. The SMILES string of the molecule is Cc1ccc(C(=O)OCC(=O)c2cc(C)n(-c3ccc(C)c(C)c3)c2C)s1. The van der Waals surface area contributed by atoms with Crippen LogP contribution >= 0.6 is 11.3 Å². The van der Waals surface area contributed by atoms with Crippen LogP contribution in [-0.4, -0.2) is 22.9 Å². The van der Waals surface area contributed by atoms with Crippen LogP contribution in [0, 0.1) is 34.6 Å². The summed E-state index contributed by atoms with van der Waals surface area (Å²) in [4.78, 5) is 26.3. The Balaban J connectivity index is 1.80. The quantitative estimate of drug-likeness (QED) is 0.455. The van der Waals surface area contributed by atoms with E-state index in [-0.39, 0.29) is 12.4 Å². The number of aromatic nitrogens is 1. The number of Topliss-reactive ketones (excluding diaryl/α,β-unsaturated/α-hetero) is 1. The lowest BCUT2D eigenvalue weighted by Crippen LogP contribution is -2.14. The summed E-state index contributed by atoms with van der Waals surface area (Å²) in [6.45, 7) is 9.71. The highest BCUT2D eigenvalue weighted by molar-refractivity contribution is 7.13. The van der Waals surface area contributed by atoms with Crippen LogP contribution in [0.5, 0.6) is 0 Å². The van der Waals surface area contributed by atoms with Gasteiger partial charge in [-0.25, -0.2) is 4.79 Å². The first-order valence-electron chi connectivity index (χ1n) is 8.81. The van der Waals surface area contributed by atoms with Crippen molar-refractivity contribution in [3.05, 3.63) is 74.2 Å². The fourth-order valence-electron chi connectivity index (χ4n) is 3.13. The maximum absolute atomic E-state index is 12.6. The minimum atomic E-state index is -0.454. The van der Waals surface area contributed by atoms with E-state index in [1.807, 2.05) is 32.9 Å². The van der Waals surface area contributed by atoms with E-state index >= 15 is 0 Å². The van der Waals surface area contributed by atoms with Crippen LogP contribution in [0.4, 0.5) is 0 Å². The molecule has 0 spiro atoms. The topological polar surface area (TPSA) is 48.3 Å². The molecule has 0 aliphatic rings.